The average molecular weight is 267 g/mol. The van der Waals surface area contributed by atoms with Crippen LogP contribution in [0.2, 0.25) is 0 Å². The molecule has 102 valence electrons. The van der Waals surface area contributed by atoms with Gasteiger partial charge in [-0.2, -0.15) is 0 Å². The van der Waals surface area contributed by atoms with Gasteiger partial charge in [0.2, 0.25) is 0 Å². The Hall–Kier alpha value is -1.93. The normalized spacial score (nSPS) is 15.0. The van der Waals surface area contributed by atoms with Crippen molar-refractivity contribution in [3.05, 3.63) is 65.5 Å². The zero-order chi connectivity index (χ0) is 13.9. The third-order valence-corrected chi connectivity index (χ3v) is 3.83. The molecule has 1 nitrogen and oxygen atoms in total. The minimum atomic E-state index is -0.163. The highest BCUT2D eigenvalue weighted by Crippen LogP contribution is 2.29. The number of hydrogen-bond acceptors (Lipinski definition) is 1. The lowest BCUT2D eigenvalue weighted by Gasteiger charge is -2.16. The molecule has 0 bridgehead atoms. The highest BCUT2D eigenvalue weighted by Gasteiger charge is 2.10. The first-order chi connectivity index (χ1) is 9.75. The van der Waals surface area contributed by atoms with E-state index in [9.17, 15) is 4.39 Å². The molecule has 0 aliphatic carbocycles. The van der Waals surface area contributed by atoms with Crippen molar-refractivity contribution in [2.45, 2.75) is 13.3 Å². The lowest BCUT2D eigenvalue weighted by molar-refractivity contribution is 0.631. The van der Waals surface area contributed by atoms with E-state index >= 15 is 0 Å². The second-order valence-electron chi connectivity index (χ2n) is 5.19. The minimum absolute atomic E-state index is 0.163. The summed E-state index contributed by atoms with van der Waals surface area (Å²) in [6.07, 6.45) is 3.29. The topological polar surface area (TPSA) is 12.0 Å². The molecule has 0 atom stereocenters. The number of nitrogens with one attached hydrogen (secondary N) is 1. The van der Waals surface area contributed by atoms with Crippen molar-refractivity contribution >= 4 is 5.57 Å². The van der Waals surface area contributed by atoms with Gasteiger partial charge in [0.1, 0.15) is 5.82 Å². The van der Waals surface area contributed by atoms with E-state index < -0.39 is 0 Å². The molecule has 0 fully saturated rings. The molecule has 0 saturated heterocycles. The van der Waals surface area contributed by atoms with E-state index in [0.29, 0.717) is 5.56 Å². The van der Waals surface area contributed by atoms with Crippen LogP contribution in [0.15, 0.2) is 48.5 Å². The quantitative estimate of drug-likeness (QED) is 0.860. The van der Waals surface area contributed by atoms with Gasteiger partial charge in [0.25, 0.3) is 0 Å². The first-order valence-corrected chi connectivity index (χ1v) is 7.01. The van der Waals surface area contributed by atoms with Crippen LogP contribution in [0, 0.1) is 12.7 Å². The molecule has 0 amide bonds. The van der Waals surface area contributed by atoms with Gasteiger partial charge in [0.05, 0.1) is 0 Å². The number of halogens is 1. The SMILES string of the molecule is Cc1cc(C2=CCNCC2)ccc1-c1ccccc1F. The van der Waals surface area contributed by atoms with Gasteiger partial charge in [0.15, 0.2) is 0 Å². The van der Waals surface area contributed by atoms with Crippen molar-refractivity contribution < 1.29 is 4.39 Å². The minimum Gasteiger partial charge on any atom is -0.313 e. The molecular formula is C18H18FN. The molecule has 1 aliphatic heterocycles. The zero-order valence-corrected chi connectivity index (χ0v) is 11.6. The largest absolute Gasteiger partial charge is 0.313 e. The van der Waals surface area contributed by atoms with Gasteiger partial charge in [-0.3, -0.25) is 0 Å². The number of benzene rings is 2. The van der Waals surface area contributed by atoms with Crippen LogP contribution in [0.1, 0.15) is 17.5 Å². The molecule has 1 aliphatic rings. The fourth-order valence-electron chi connectivity index (χ4n) is 2.73. The first-order valence-electron chi connectivity index (χ1n) is 7.01. The summed E-state index contributed by atoms with van der Waals surface area (Å²) < 4.78 is 13.9. The lowest BCUT2D eigenvalue weighted by Crippen LogP contribution is -2.20. The molecule has 0 spiro atoms. The summed E-state index contributed by atoms with van der Waals surface area (Å²) >= 11 is 0. The second-order valence-corrected chi connectivity index (χ2v) is 5.19. The highest BCUT2D eigenvalue weighted by molar-refractivity contribution is 5.74. The highest BCUT2D eigenvalue weighted by atomic mass is 19.1. The van der Waals surface area contributed by atoms with Crippen LogP contribution in [-0.4, -0.2) is 13.1 Å². The summed E-state index contributed by atoms with van der Waals surface area (Å²) in [5.74, 6) is -0.163. The Labute approximate surface area is 119 Å². The summed E-state index contributed by atoms with van der Waals surface area (Å²) in [6.45, 7) is 4.01. The van der Waals surface area contributed by atoms with Crippen LogP contribution in [0.4, 0.5) is 4.39 Å². The van der Waals surface area contributed by atoms with E-state index in [4.69, 9.17) is 0 Å². The van der Waals surface area contributed by atoms with E-state index in [2.05, 4.69) is 23.5 Å². The molecule has 0 unspecified atom stereocenters. The summed E-state index contributed by atoms with van der Waals surface area (Å²) in [6, 6.07) is 13.2. The van der Waals surface area contributed by atoms with Crippen LogP contribution >= 0.6 is 0 Å². The van der Waals surface area contributed by atoms with Crippen molar-refractivity contribution in [1.29, 1.82) is 0 Å². The Bertz CT molecular complexity index is 658. The number of hydrogen-bond donors (Lipinski definition) is 1. The van der Waals surface area contributed by atoms with Crippen LogP contribution in [0.3, 0.4) is 0 Å². The van der Waals surface area contributed by atoms with E-state index in [0.717, 1.165) is 30.6 Å². The lowest BCUT2D eigenvalue weighted by atomic mass is 9.93. The predicted octanol–water partition coefficient (Wildman–Crippen LogP) is 4.18. The Morgan fingerprint density at radius 2 is 1.90 bits per heavy atom. The number of rotatable bonds is 2. The molecule has 20 heavy (non-hydrogen) atoms. The molecule has 0 saturated carbocycles. The van der Waals surface area contributed by atoms with Crippen LogP contribution in [0.5, 0.6) is 0 Å². The smallest absolute Gasteiger partial charge is 0.131 e. The first kappa shape index (κ1) is 13.1. The average Bonchev–Trinajstić information content (AvgIpc) is 2.49. The standard InChI is InChI=1S/C18H18FN/c1-13-12-15(14-8-10-20-11-9-14)6-7-16(13)17-4-2-3-5-18(17)19/h2-8,12,20H,9-11H2,1H3. The monoisotopic (exact) mass is 267 g/mol. The van der Waals surface area contributed by atoms with Gasteiger partial charge in [-0.05, 0) is 48.2 Å². The van der Waals surface area contributed by atoms with Crippen molar-refractivity contribution in [3.8, 4) is 11.1 Å². The molecular weight excluding hydrogens is 249 g/mol. The maximum atomic E-state index is 13.9. The predicted molar refractivity (Wildman–Crippen MR) is 82.0 cm³/mol. The second kappa shape index (κ2) is 5.59. The van der Waals surface area contributed by atoms with Crippen molar-refractivity contribution in [2.75, 3.05) is 13.1 Å². The van der Waals surface area contributed by atoms with Crippen LogP contribution in [-0.2, 0) is 0 Å². The fraction of sp³-hybridized carbons (Fsp3) is 0.222. The molecule has 2 aromatic carbocycles. The van der Waals surface area contributed by atoms with Gasteiger partial charge >= 0.3 is 0 Å². The molecule has 3 rings (SSSR count). The third-order valence-electron chi connectivity index (χ3n) is 3.83. The van der Waals surface area contributed by atoms with Crippen molar-refractivity contribution in [3.63, 3.8) is 0 Å². The Balaban J connectivity index is 2.00. The number of aryl methyl sites for hydroxylation is 1. The molecule has 2 aromatic rings. The summed E-state index contributed by atoms with van der Waals surface area (Å²) in [7, 11) is 0. The molecule has 0 aromatic heterocycles. The Morgan fingerprint density at radius 1 is 1.05 bits per heavy atom. The summed E-state index contributed by atoms with van der Waals surface area (Å²) in [5, 5.41) is 3.32. The van der Waals surface area contributed by atoms with Gasteiger partial charge in [-0.15, -0.1) is 0 Å². The summed E-state index contributed by atoms with van der Waals surface area (Å²) in [4.78, 5) is 0. The molecule has 1 N–H and O–H groups in total. The fourth-order valence-corrected chi connectivity index (χ4v) is 2.73. The van der Waals surface area contributed by atoms with Crippen molar-refractivity contribution in [2.24, 2.45) is 0 Å². The zero-order valence-electron chi connectivity index (χ0n) is 11.6. The maximum absolute atomic E-state index is 13.9. The van der Waals surface area contributed by atoms with E-state index in [-0.39, 0.29) is 5.82 Å². The molecule has 2 heteroatoms. The van der Waals surface area contributed by atoms with Gasteiger partial charge in [0, 0.05) is 12.1 Å². The van der Waals surface area contributed by atoms with Crippen molar-refractivity contribution in [1.82, 2.24) is 5.32 Å². The third kappa shape index (κ3) is 2.52. The van der Waals surface area contributed by atoms with Crippen LogP contribution < -0.4 is 5.32 Å². The van der Waals surface area contributed by atoms with E-state index in [1.54, 1.807) is 6.07 Å². The Kier molecular flexibility index (Phi) is 3.66. The van der Waals surface area contributed by atoms with Gasteiger partial charge < -0.3 is 5.32 Å². The molecule has 1 heterocycles. The van der Waals surface area contributed by atoms with Gasteiger partial charge in [-0.1, -0.05) is 42.5 Å². The van der Waals surface area contributed by atoms with E-state index in [1.165, 1.54) is 17.2 Å². The van der Waals surface area contributed by atoms with E-state index in [1.807, 2.05) is 25.1 Å². The molecule has 0 radical (unpaired) electrons. The Morgan fingerprint density at radius 3 is 2.60 bits per heavy atom. The summed E-state index contributed by atoms with van der Waals surface area (Å²) in [5.41, 5.74) is 5.40. The maximum Gasteiger partial charge on any atom is 0.131 e. The van der Waals surface area contributed by atoms with Crippen LogP contribution in [0.25, 0.3) is 16.7 Å². The van der Waals surface area contributed by atoms with Gasteiger partial charge in [-0.25, -0.2) is 4.39 Å².